The summed E-state index contributed by atoms with van der Waals surface area (Å²) in [6.45, 7) is 3.52. The Bertz CT molecular complexity index is 757. The van der Waals surface area contributed by atoms with Crippen molar-refractivity contribution in [1.82, 2.24) is 9.80 Å². The Morgan fingerprint density at radius 3 is 2.43 bits per heavy atom. The van der Waals surface area contributed by atoms with E-state index >= 15 is 0 Å². The monoisotopic (exact) mass is 429 g/mol. The van der Waals surface area contributed by atoms with Crippen LogP contribution in [0, 0.1) is 0 Å². The summed E-state index contributed by atoms with van der Waals surface area (Å²) in [6, 6.07) is 5.04. The lowest BCUT2D eigenvalue weighted by Gasteiger charge is -2.52. The summed E-state index contributed by atoms with van der Waals surface area (Å²) < 4.78 is 0. The first kappa shape index (κ1) is 21.2. The largest absolute Gasteiger partial charge is 0.465 e. The van der Waals surface area contributed by atoms with Gasteiger partial charge in [-0.3, -0.25) is 9.69 Å². The van der Waals surface area contributed by atoms with Crippen LogP contribution in [-0.2, 0) is 4.79 Å². The maximum atomic E-state index is 12.5. The van der Waals surface area contributed by atoms with Crippen molar-refractivity contribution in [3.63, 3.8) is 0 Å². The number of carboxylic acid groups (broad SMARTS) is 1. The highest BCUT2D eigenvalue weighted by molar-refractivity contribution is 6.42. The van der Waals surface area contributed by atoms with Crippen LogP contribution >= 0.6 is 23.2 Å². The van der Waals surface area contributed by atoms with Gasteiger partial charge in [0.2, 0.25) is 0 Å². The summed E-state index contributed by atoms with van der Waals surface area (Å²) in [6.07, 6.45) is 1.04. The first-order valence-electron chi connectivity index (χ1n) is 9.35. The number of rotatable bonds is 5. The third-order valence-electron chi connectivity index (χ3n) is 5.83. The number of carbonyl (C=O) groups is 2. The van der Waals surface area contributed by atoms with E-state index in [2.05, 4.69) is 4.90 Å². The molecule has 2 unspecified atom stereocenters. The second-order valence-corrected chi connectivity index (χ2v) is 8.34. The average molecular weight is 430 g/mol. The van der Waals surface area contributed by atoms with Gasteiger partial charge in [0.15, 0.2) is 5.78 Å². The van der Waals surface area contributed by atoms with Crippen LogP contribution in [0.25, 0.3) is 0 Å². The number of likely N-dealkylation sites (tertiary alicyclic amines) is 1. The van der Waals surface area contributed by atoms with Gasteiger partial charge >= 0.3 is 6.09 Å². The van der Waals surface area contributed by atoms with Crippen LogP contribution in [0.2, 0.25) is 10.0 Å². The Balaban J connectivity index is 2.00. The molecule has 28 heavy (non-hydrogen) atoms. The molecule has 0 saturated carbocycles. The molecule has 0 spiro atoms. The molecular formula is C19H25Cl2N3O4. The molecule has 2 atom stereocenters. The van der Waals surface area contributed by atoms with Gasteiger partial charge in [0.25, 0.3) is 0 Å². The molecule has 1 amide bonds. The Labute approximate surface area is 174 Å². The Morgan fingerprint density at radius 1 is 1.21 bits per heavy atom. The molecule has 0 aliphatic carbocycles. The van der Waals surface area contributed by atoms with Crippen molar-refractivity contribution in [2.75, 3.05) is 44.2 Å². The molecule has 7 nitrogen and oxygen atoms in total. The Hall–Kier alpha value is -1.54. The minimum Gasteiger partial charge on any atom is -0.465 e. The Kier molecular flexibility index (Phi) is 6.39. The molecule has 2 N–H and O–H groups in total. The Morgan fingerprint density at radius 2 is 1.89 bits per heavy atom. The smallest absolute Gasteiger partial charge is 0.408 e. The van der Waals surface area contributed by atoms with E-state index in [9.17, 15) is 19.8 Å². The second kappa shape index (κ2) is 8.45. The van der Waals surface area contributed by atoms with Gasteiger partial charge in [-0.15, -0.1) is 0 Å². The number of aliphatic hydroxyl groups excluding tert-OH is 1. The van der Waals surface area contributed by atoms with Crippen molar-refractivity contribution < 1.29 is 19.8 Å². The standard InChI is InChI=1S/C19H25Cl2N3O4/c1-13(26)19(12-25)11-23(14-4-5-16(20)17(21)8-14)15(10-24(19)18(27)28)9-22-6-2-3-7-22/h4-5,8,15,25H,2-3,6-7,9-12H2,1H3,(H,27,28). The molecule has 154 valence electrons. The van der Waals surface area contributed by atoms with E-state index in [4.69, 9.17) is 23.2 Å². The van der Waals surface area contributed by atoms with Crippen LogP contribution in [0.4, 0.5) is 10.5 Å². The zero-order valence-corrected chi connectivity index (χ0v) is 17.3. The van der Waals surface area contributed by atoms with E-state index in [1.807, 2.05) is 11.0 Å². The maximum Gasteiger partial charge on any atom is 0.408 e. The number of hydrogen-bond acceptors (Lipinski definition) is 5. The molecule has 1 aromatic carbocycles. The van der Waals surface area contributed by atoms with Crippen LogP contribution < -0.4 is 4.90 Å². The highest BCUT2D eigenvalue weighted by Crippen LogP contribution is 2.34. The van der Waals surface area contributed by atoms with Crippen molar-refractivity contribution in [3.8, 4) is 0 Å². The molecule has 0 radical (unpaired) electrons. The second-order valence-electron chi connectivity index (χ2n) is 7.53. The number of amides is 1. The minimum atomic E-state index is -1.51. The number of aliphatic hydroxyl groups is 1. The zero-order chi connectivity index (χ0) is 20.5. The van der Waals surface area contributed by atoms with E-state index in [0.717, 1.165) is 36.5 Å². The van der Waals surface area contributed by atoms with Gasteiger partial charge in [-0.2, -0.15) is 0 Å². The lowest BCUT2D eigenvalue weighted by atomic mass is 9.88. The van der Waals surface area contributed by atoms with Crippen molar-refractivity contribution in [1.29, 1.82) is 0 Å². The topological polar surface area (TPSA) is 84.3 Å². The van der Waals surface area contributed by atoms with Crippen LogP contribution in [-0.4, -0.2) is 82.8 Å². The molecule has 3 rings (SSSR count). The van der Waals surface area contributed by atoms with Crippen molar-refractivity contribution >= 4 is 40.8 Å². The summed E-state index contributed by atoms with van der Waals surface area (Å²) >= 11 is 12.3. The molecule has 2 aliphatic heterocycles. The summed E-state index contributed by atoms with van der Waals surface area (Å²) in [7, 11) is 0. The van der Waals surface area contributed by atoms with Gasteiger partial charge < -0.3 is 20.0 Å². The van der Waals surface area contributed by atoms with Gasteiger partial charge in [-0.1, -0.05) is 23.2 Å². The molecule has 1 aromatic rings. The minimum absolute atomic E-state index is 0.0571. The molecule has 2 heterocycles. The number of halogens is 2. The van der Waals surface area contributed by atoms with Crippen molar-refractivity contribution in [2.45, 2.75) is 31.3 Å². The van der Waals surface area contributed by atoms with Crippen LogP contribution in [0.15, 0.2) is 18.2 Å². The molecule has 2 fully saturated rings. The van der Waals surface area contributed by atoms with E-state index in [-0.39, 0.29) is 24.9 Å². The number of hydrogen-bond donors (Lipinski definition) is 2. The fourth-order valence-corrected chi connectivity index (χ4v) is 4.47. The third kappa shape index (κ3) is 3.94. The maximum absolute atomic E-state index is 12.5. The van der Waals surface area contributed by atoms with Gasteiger partial charge in [0, 0.05) is 18.8 Å². The fraction of sp³-hybridized carbons (Fsp3) is 0.579. The molecule has 9 heteroatoms. The third-order valence-corrected chi connectivity index (χ3v) is 6.57. The van der Waals surface area contributed by atoms with Gasteiger partial charge in [0.05, 0.1) is 29.2 Å². The van der Waals surface area contributed by atoms with Crippen molar-refractivity contribution in [2.24, 2.45) is 0 Å². The van der Waals surface area contributed by atoms with Crippen LogP contribution in [0.1, 0.15) is 19.8 Å². The number of nitrogens with zero attached hydrogens (tertiary/aromatic N) is 3. The molecule has 0 aromatic heterocycles. The quantitative estimate of drug-likeness (QED) is 0.747. The summed E-state index contributed by atoms with van der Waals surface area (Å²) in [5, 5.41) is 20.6. The van der Waals surface area contributed by atoms with Crippen LogP contribution in [0.3, 0.4) is 0 Å². The molecular weight excluding hydrogens is 405 g/mol. The predicted octanol–water partition coefficient (Wildman–Crippen LogP) is 2.58. The lowest BCUT2D eigenvalue weighted by molar-refractivity contribution is -0.131. The zero-order valence-electron chi connectivity index (χ0n) is 15.8. The van der Waals surface area contributed by atoms with E-state index < -0.39 is 18.2 Å². The summed E-state index contributed by atoms with van der Waals surface area (Å²) in [5.74, 6) is -0.387. The first-order chi connectivity index (χ1) is 13.3. The molecule has 2 saturated heterocycles. The number of carbonyl (C=O) groups excluding carboxylic acids is 1. The SMILES string of the molecule is CC(=O)C1(CO)CN(c2ccc(Cl)c(Cl)c2)C(CN2CCCC2)CN1C(=O)O. The fourth-order valence-electron chi connectivity index (χ4n) is 4.17. The molecule has 2 aliphatic rings. The van der Waals surface area contributed by atoms with Gasteiger partial charge in [0.1, 0.15) is 5.54 Å². The van der Waals surface area contributed by atoms with Crippen LogP contribution in [0.5, 0.6) is 0 Å². The highest BCUT2D eigenvalue weighted by Gasteiger charge is 2.51. The normalized spacial score (nSPS) is 25.9. The van der Waals surface area contributed by atoms with E-state index in [0.29, 0.717) is 16.6 Å². The van der Waals surface area contributed by atoms with Gasteiger partial charge in [-0.05, 0) is 51.1 Å². The number of Topliss-reactive ketones (excluding diaryl/α,β-unsaturated/α-hetero) is 1. The highest BCUT2D eigenvalue weighted by atomic mass is 35.5. The van der Waals surface area contributed by atoms with E-state index in [1.165, 1.54) is 6.92 Å². The summed E-state index contributed by atoms with van der Waals surface area (Å²) in [5.41, 5.74) is -0.762. The number of ketones is 1. The average Bonchev–Trinajstić information content (AvgIpc) is 3.16. The number of anilines is 1. The predicted molar refractivity (Wildman–Crippen MR) is 108 cm³/mol. The van der Waals surface area contributed by atoms with Crippen molar-refractivity contribution in [3.05, 3.63) is 28.2 Å². The van der Waals surface area contributed by atoms with Gasteiger partial charge in [-0.25, -0.2) is 4.79 Å². The van der Waals surface area contributed by atoms with E-state index in [1.54, 1.807) is 12.1 Å². The summed E-state index contributed by atoms with van der Waals surface area (Å²) in [4.78, 5) is 29.8. The lowest BCUT2D eigenvalue weighted by Crippen LogP contribution is -2.72. The molecule has 0 bridgehead atoms. The number of benzene rings is 1. The first-order valence-corrected chi connectivity index (χ1v) is 10.1. The number of piperazine rings is 1.